The van der Waals surface area contributed by atoms with Crippen molar-refractivity contribution in [2.45, 2.75) is 17.2 Å². The Kier molecular flexibility index (Phi) is 4.93. The lowest BCUT2D eigenvalue weighted by Gasteiger charge is -2.03. The van der Waals surface area contributed by atoms with Gasteiger partial charge in [0.25, 0.3) is 0 Å². The Bertz CT molecular complexity index is 338. The van der Waals surface area contributed by atoms with E-state index in [1.807, 2.05) is 12.1 Å². The molecule has 6 heteroatoms. The third-order valence-electron chi connectivity index (χ3n) is 1.58. The van der Waals surface area contributed by atoms with Crippen molar-refractivity contribution in [2.24, 2.45) is 5.11 Å². The van der Waals surface area contributed by atoms with E-state index < -0.39 is 0 Å². The smallest absolute Gasteiger partial charge is 0.0515 e. The van der Waals surface area contributed by atoms with Crippen LogP contribution in [0.25, 0.3) is 10.4 Å². The lowest BCUT2D eigenvalue weighted by Crippen LogP contribution is -1.94. The molecule has 0 aromatic carbocycles. The van der Waals surface area contributed by atoms with Crippen LogP contribution in [-0.4, -0.2) is 4.98 Å². The molecule has 14 heavy (non-hydrogen) atoms. The van der Waals surface area contributed by atoms with Crippen molar-refractivity contribution in [3.63, 3.8) is 0 Å². The highest BCUT2D eigenvalue weighted by molar-refractivity contribution is 9.08. The van der Waals surface area contributed by atoms with Gasteiger partial charge in [-0.15, -0.1) is 0 Å². The number of aromatic nitrogens is 1. The lowest BCUT2D eigenvalue weighted by atomic mass is 10.2. The number of hydrogen-bond acceptors (Lipinski definition) is 2. The minimum absolute atomic E-state index is 0.374. The van der Waals surface area contributed by atoms with Crippen LogP contribution >= 0.6 is 31.9 Å². The molecule has 1 heterocycles. The highest BCUT2D eigenvalue weighted by atomic mass is 79.9. The molecule has 0 amide bonds. The highest BCUT2D eigenvalue weighted by Gasteiger charge is 2.00. The summed E-state index contributed by atoms with van der Waals surface area (Å²) in [6, 6.07) is 3.85. The second-order valence-corrected chi connectivity index (χ2v) is 3.74. The molecule has 0 radical (unpaired) electrons. The summed E-state index contributed by atoms with van der Waals surface area (Å²) in [5.41, 5.74) is 11.1. The highest BCUT2D eigenvalue weighted by Crippen LogP contribution is 2.12. The van der Waals surface area contributed by atoms with Crippen LogP contribution in [-0.2, 0) is 17.2 Å². The Morgan fingerprint density at radius 1 is 1.29 bits per heavy atom. The summed E-state index contributed by atoms with van der Waals surface area (Å²) in [6.45, 7) is 0.374. The Labute approximate surface area is 98.6 Å². The van der Waals surface area contributed by atoms with Crippen molar-refractivity contribution in [1.82, 2.24) is 4.98 Å². The molecular weight excluding hydrogens is 312 g/mol. The standard InChI is InChI=1S/C8H8Br2N4/c9-3-7-1-6(5-12-14-11)2-8(4-10)13-7/h1-2H,3-5H2. The molecule has 0 N–H and O–H groups in total. The molecular formula is C8H8Br2N4. The predicted octanol–water partition coefficient (Wildman–Crippen LogP) is 3.68. The van der Waals surface area contributed by atoms with Crippen molar-refractivity contribution in [3.8, 4) is 0 Å². The van der Waals surface area contributed by atoms with Crippen molar-refractivity contribution in [2.75, 3.05) is 0 Å². The molecule has 0 aliphatic heterocycles. The number of pyridine rings is 1. The summed E-state index contributed by atoms with van der Waals surface area (Å²) >= 11 is 6.68. The van der Waals surface area contributed by atoms with Crippen molar-refractivity contribution in [1.29, 1.82) is 0 Å². The number of alkyl halides is 2. The zero-order valence-electron chi connectivity index (χ0n) is 7.32. The van der Waals surface area contributed by atoms with E-state index >= 15 is 0 Å². The maximum Gasteiger partial charge on any atom is 0.0515 e. The maximum absolute atomic E-state index is 8.20. The van der Waals surface area contributed by atoms with Crippen molar-refractivity contribution < 1.29 is 0 Å². The molecule has 0 unspecified atom stereocenters. The van der Waals surface area contributed by atoms with Crippen molar-refractivity contribution >= 4 is 31.9 Å². The van der Waals surface area contributed by atoms with Gasteiger partial charge in [-0.1, -0.05) is 37.0 Å². The first kappa shape index (κ1) is 11.5. The van der Waals surface area contributed by atoms with Crippen LogP contribution in [0.2, 0.25) is 0 Å². The van der Waals surface area contributed by atoms with Gasteiger partial charge in [-0.05, 0) is 23.2 Å². The van der Waals surface area contributed by atoms with Crippen molar-refractivity contribution in [3.05, 3.63) is 39.5 Å². The van der Waals surface area contributed by atoms with Gasteiger partial charge in [0.2, 0.25) is 0 Å². The Morgan fingerprint density at radius 3 is 2.29 bits per heavy atom. The number of nitrogens with zero attached hydrogens (tertiary/aromatic N) is 4. The van der Waals surface area contributed by atoms with Gasteiger partial charge in [0.1, 0.15) is 0 Å². The largest absolute Gasteiger partial charge is 0.256 e. The van der Waals surface area contributed by atoms with Gasteiger partial charge < -0.3 is 0 Å². The fourth-order valence-corrected chi connectivity index (χ4v) is 1.63. The quantitative estimate of drug-likeness (QED) is 0.361. The average Bonchev–Trinajstić information content (AvgIpc) is 2.25. The minimum Gasteiger partial charge on any atom is -0.256 e. The average molecular weight is 320 g/mol. The van der Waals surface area contributed by atoms with Crippen LogP contribution in [0, 0.1) is 0 Å². The van der Waals surface area contributed by atoms with Crippen LogP contribution in [0.1, 0.15) is 17.0 Å². The third kappa shape index (κ3) is 3.29. The van der Waals surface area contributed by atoms with Gasteiger partial charge in [0.05, 0.1) is 17.9 Å². The molecule has 4 nitrogen and oxygen atoms in total. The molecule has 1 aromatic rings. The summed E-state index contributed by atoms with van der Waals surface area (Å²) < 4.78 is 0. The van der Waals surface area contributed by atoms with E-state index in [9.17, 15) is 0 Å². The van der Waals surface area contributed by atoms with E-state index in [0.29, 0.717) is 17.2 Å². The molecule has 0 saturated heterocycles. The predicted molar refractivity (Wildman–Crippen MR) is 62.3 cm³/mol. The Hall–Kier alpha value is -0.580. The van der Waals surface area contributed by atoms with E-state index in [2.05, 4.69) is 46.9 Å². The number of hydrogen-bond donors (Lipinski definition) is 0. The molecule has 1 aromatic heterocycles. The normalized spacial score (nSPS) is 9.57. The molecule has 0 aliphatic rings. The van der Waals surface area contributed by atoms with Crippen LogP contribution in [0.15, 0.2) is 17.2 Å². The zero-order valence-corrected chi connectivity index (χ0v) is 10.5. The molecule has 1 rings (SSSR count). The first-order valence-corrected chi connectivity index (χ1v) is 6.16. The topological polar surface area (TPSA) is 61.7 Å². The molecule has 0 atom stereocenters. The SMILES string of the molecule is [N-]=[N+]=NCc1cc(CBr)nc(CBr)c1. The Morgan fingerprint density at radius 2 is 1.86 bits per heavy atom. The first-order chi connectivity index (χ1) is 6.80. The first-order valence-electron chi connectivity index (χ1n) is 3.91. The third-order valence-corrected chi connectivity index (χ3v) is 2.73. The molecule has 0 fully saturated rings. The summed E-state index contributed by atoms with van der Waals surface area (Å²) in [5.74, 6) is 0. The molecule has 0 bridgehead atoms. The Balaban J connectivity index is 2.97. The lowest BCUT2D eigenvalue weighted by molar-refractivity contribution is 0.999. The summed E-state index contributed by atoms with van der Waals surface area (Å²) in [6.07, 6.45) is 0. The molecule has 74 valence electrons. The van der Waals surface area contributed by atoms with E-state index in [1.165, 1.54) is 0 Å². The monoisotopic (exact) mass is 318 g/mol. The molecule has 0 aliphatic carbocycles. The minimum atomic E-state index is 0.374. The number of halogens is 2. The molecule has 0 spiro atoms. The fraction of sp³-hybridized carbons (Fsp3) is 0.375. The summed E-state index contributed by atoms with van der Waals surface area (Å²) in [4.78, 5) is 7.07. The number of rotatable bonds is 4. The van der Waals surface area contributed by atoms with Gasteiger partial charge >= 0.3 is 0 Å². The van der Waals surface area contributed by atoms with E-state index in [1.54, 1.807) is 0 Å². The fourth-order valence-electron chi connectivity index (χ4n) is 1.06. The van der Waals surface area contributed by atoms with Gasteiger partial charge in [0, 0.05) is 15.6 Å². The zero-order chi connectivity index (χ0) is 10.4. The van der Waals surface area contributed by atoms with Gasteiger partial charge in [-0.2, -0.15) is 0 Å². The summed E-state index contributed by atoms with van der Waals surface area (Å²) in [7, 11) is 0. The van der Waals surface area contributed by atoms with Crippen LogP contribution in [0.5, 0.6) is 0 Å². The van der Waals surface area contributed by atoms with Gasteiger partial charge in [-0.3, -0.25) is 4.98 Å². The summed E-state index contributed by atoms with van der Waals surface area (Å²) in [5, 5.41) is 4.93. The molecule has 0 saturated carbocycles. The second kappa shape index (κ2) is 6.01. The van der Waals surface area contributed by atoms with Crippen LogP contribution in [0.3, 0.4) is 0 Å². The van der Waals surface area contributed by atoms with Crippen LogP contribution in [0.4, 0.5) is 0 Å². The van der Waals surface area contributed by atoms with Gasteiger partial charge in [0.15, 0.2) is 0 Å². The maximum atomic E-state index is 8.20. The van der Waals surface area contributed by atoms with Gasteiger partial charge in [-0.25, -0.2) is 0 Å². The van der Waals surface area contributed by atoms with E-state index in [0.717, 1.165) is 17.0 Å². The van der Waals surface area contributed by atoms with E-state index in [-0.39, 0.29) is 0 Å². The second-order valence-electron chi connectivity index (χ2n) is 2.61. The van der Waals surface area contributed by atoms with E-state index in [4.69, 9.17) is 5.53 Å². The number of azide groups is 1. The van der Waals surface area contributed by atoms with Crippen LogP contribution < -0.4 is 0 Å².